The van der Waals surface area contributed by atoms with Gasteiger partial charge in [-0.2, -0.15) is 0 Å². The minimum Gasteiger partial charge on any atom is -0.145 e. The molecule has 0 N–H and O–H groups in total. The van der Waals surface area contributed by atoms with Gasteiger partial charge in [-0.25, -0.2) is 0 Å². The molecule has 80 valence electrons. The topological polar surface area (TPSA) is 0 Å². The highest BCUT2D eigenvalue weighted by molar-refractivity contribution is 7.31. The van der Waals surface area contributed by atoms with E-state index in [-0.39, 0.29) is 0 Å². The van der Waals surface area contributed by atoms with Crippen LogP contribution in [0.1, 0.15) is 11.1 Å². The predicted molar refractivity (Wildman–Crippen MR) is 74.3 cm³/mol. The van der Waals surface area contributed by atoms with Crippen molar-refractivity contribution >= 4 is 34.0 Å². The second-order valence-corrected chi connectivity index (χ2v) is 11.7. The van der Waals surface area contributed by atoms with Gasteiger partial charge in [0, 0.05) is 4.70 Å². The molecule has 2 aromatic rings. The highest BCUT2D eigenvalue weighted by Crippen LogP contribution is 2.28. The Hall–Kier alpha value is -0.603. The third-order valence-electron chi connectivity index (χ3n) is 2.84. The summed E-state index contributed by atoms with van der Waals surface area (Å²) in [6.45, 7) is 11.8. The van der Waals surface area contributed by atoms with Crippen LogP contribution in [0.3, 0.4) is 0 Å². The van der Waals surface area contributed by atoms with Crippen LogP contribution < -0.4 is 4.50 Å². The van der Waals surface area contributed by atoms with Gasteiger partial charge in [-0.1, -0.05) is 31.8 Å². The summed E-state index contributed by atoms with van der Waals surface area (Å²) in [6, 6.07) is 6.64. The van der Waals surface area contributed by atoms with Gasteiger partial charge < -0.3 is 0 Å². The van der Waals surface area contributed by atoms with Gasteiger partial charge in [0.05, 0.1) is 8.07 Å². The van der Waals surface area contributed by atoms with E-state index in [9.17, 15) is 0 Å². The van der Waals surface area contributed by atoms with Crippen molar-refractivity contribution in [1.29, 1.82) is 0 Å². The first kappa shape index (κ1) is 10.9. The molecule has 0 aliphatic heterocycles. The molecule has 0 fully saturated rings. The Morgan fingerprint density at radius 3 is 2.27 bits per heavy atom. The molecule has 0 saturated carbocycles. The lowest BCUT2D eigenvalue weighted by Crippen LogP contribution is -2.36. The first-order valence-electron chi connectivity index (χ1n) is 5.40. The van der Waals surface area contributed by atoms with Gasteiger partial charge in [0.1, 0.15) is 0 Å². The molecule has 1 aromatic carbocycles. The highest BCUT2D eigenvalue weighted by Gasteiger charge is 2.23. The monoisotopic (exact) mass is 234 g/mol. The summed E-state index contributed by atoms with van der Waals surface area (Å²) in [5, 5.41) is 1.50. The van der Waals surface area contributed by atoms with Crippen molar-refractivity contribution in [3.63, 3.8) is 0 Å². The third-order valence-corrected chi connectivity index (χ3v) is 7.79. The van der Waals surface area contributed by atoms with Gasteiger partial charge in [-0.05, 0) is 40.9 Å². The zero-order valence-electron chi connectivity index (χ0n) is 10.1. The van der Waals surface area contributed by atoms with E-state index in [2.05, 4.69) is 51.7 Å². The molecule has 0 aliphatic rings. The van der Waals surface area contributed by atoms with Crippen LogP contribution in [0.15, 0.2) is 18.2 Å². The maximum Gasteiger partial charge on any atom is 0.0908 e. The Morgan fingerprint density at radius 2 is 1.73 bits per heavy atom. The fraction of sp³-hybridized carbons (Fsp3) is 0.385. The summed E-state index contributed by atoms with van der Waals surface area (Å²) in [4.78, 5) is 0. The van der Waals surface area contributed by atoms with E-state index in [1.165, 1.54) is 21.2 Å². The Labute approximate surface area is 97.0 Å². The van der Waals surface area contributed by atoms with Gasteiger partial charge >= 0.3 is 0 Å². The molecule has 0 unspecified atom stereocenters. The van der Waals surface area contributed by atoms with Gasteiger partial charge in [0.2, 0.25) is 0 Å². The Morgan fingerprint density at radius 1 is 1.07 bits per heavy atom. The summed E-state index contributed by atoms with van der Waals surface area (Å²) < 4.78 is 3.12. The predicted octanol–water partition coefficient (Wildman–Crippen LogP) is 4.06. The molecule has 2 rings (SSSR count). The molecular formula is C13H18SSi. The minimum atomic E-state index is -1.17. The van der Waals surface area contributed by atoms with E-state index in [4.69, 9.17) is 0 Å². The summed E-state index contributed by atoms with van der Waals surface area (Å²) in [5.74, 6) is 0. The maximum absolute atomic E-state index is 2.43. The first-order valence-corrected chi connectivity index (χ1v) is 9.72. The van der Waals surface area contributed by atoms with Crippen molar-refractivity contribution < 1.29 is 0 Å². The molecular weight excluding hydrogens is 216 g/mol. The van der Waals surface area contributed by atoms with Gasteiger partial charge in [-0.15, -0.1) is 11.3 Å². The number of hydrogen-bond acceptors (Lipinski definition) is 1. The van der Waals surface area contributed by atoms with Crippen molar-refractivity contribution in [2.75, 3.05) is 0 Å². The highest BCUT2D eigenvalue weighted by atomic mass is 32.1. The zero-order valence-corrected chi connectivity index (χ0v) is 12.0. The van der Waals surface area contributed by atoms with Gasteiger partial charge in [0.15, 0.2) is 0 Å². The van der Waals surface area contributed by atoms with Crippen LogP contribution in [-0.4, -0.2) is 8.07 Å². The van der Waals surface area contributed by atoms with Crippen LogP contribution in [0.2, 0.25) is 19.6 Å². The summed E-state index contributed by atoms with van der Waals surface area (Å²) in [6.07, 6.45) is 0. The zero-order chi connectivity index (χ0) is 11.2. The van der Waals surface area contributed by atoms with Crippen LogP contribution in [0.4, 0.5) is 0 Å². The molecule has 0 aliphatic carbocycles. The van der Waals surface area contributed by atoms with Crippen molar-refractivity contribution in [1.82, 2.24) is 0 Å². The second kappa shape index (κ2) is 3.46. The van der Waals surface area contributed by atoms with Crippen molar-refractivity contribution in [2.24, 2.45) is 0 Å². The van der Waals surface area contributed by atoms with Gasteiger partial charge in [0.25, 0.3) is 0 Å². The standard InChI is InChI=1S/C13H18SSi/c1-9-7-6-8-11-12(9)10(2)13(14-11)15(3,4)5/h6-8H,1-5H3. The largest absolute Gasteiger partial charge is 0.145 e. The van der Waals surface area contributed by atoms with Crippen LogP contribution in [0, 0.1) is 13.8 Å². The number of aryl methyl sites for hydroxylation is 2. The molecule has 15 heavy (non-hydrogen) atoms. The average molecular weight is 234 g/mol. The molecule has 0 amide bonds. The SMILES string of the molecule is Cc1cccc2sc([Si](C)(C)C)c(C)c12. The van der Waals surface area contributed by atoms with Crippen LogP contribution in [0.5, 0.6) is 0 Å². The van der Waals surface area contributed by atoms with E-state index in [0.29, 0.717) is 0 Å². The summed E-state index contributed by atoms with van der Waals surface area (Å²) >= 11 is 2.01. The third kappa shape index (κ3) is 1.77. The second-order valence-electron chi connectivity index (χ2n) is 5.25. The number of thiophene rings is 1. The Bertz CT molecular complexity index is 503. The molecule has 0 saturated heterocycles. The van der Waals surface area contributed by atoms with Crippen LogP contribution >= 0.6 is 11.3 Å². The maximum atomic E-state index is 2.43. The summed E-state index contributed by atoms with van der Waals surface area (Å²) in [7, 11) is -1.17. The van der Waals surface area contributed by atoms with Crippen molar-refractivity contribution in [2.45, 2.75) is 33.5 Å². The van der Waals surface area contributed by atoms with E-state index < -0.39 is 8.07 Å². The van der Waals surface area contributed by atoms with Crippen molar-refractivity contribution in [3.05, 3.63) is 29.3 Å². The van der Waals surface area contributed by atoms with Crippen molar-refractivity contribution in [3.8, 4) is 0 Å². The van der Waals surface area contributed by atoms with E-state index in [1.807, 2.05) is 11.3 Å². The number of rotatable bonds is 1. The molecule has 0 spiro atoms. The molecule has 2 heteroatoms. The average Bonchev–Trinajstić information content (AvgIpc) is 2.44. The molecule has 0 atom stereocenters. The van der Waals surface area contributed by atoms with E-state index >= 15 is 0 Å². The number of hydrogen-bond donors (Lipinski definition) is 0. The van der Waals surface area contributed by atoms with Crippen LogP contribution in [-0.2, 0) is 0 Å². The molecule has 0 nitrogen and oxygen atoms in total. The van der Waals surface area contributed by atoms with E-state index in [1.54, 1.807) is 4.50 Å². The quantitative estimate of drug-likeness (QED) is 0.653. The number of benzene rings is 1. The molecule has 1 heterocycles. The lowest BCUT2D eigenvalue weighted by molar-refractivity contribution is 1.50. The van der Waals surface area contributed by atoms with Gasteiger partial charge in [-0.3, -0.25) is 0 Å². The Kier molecular flexibility index (Phi) is 2.51. The normalized spacial score (nSPS) is 12.3. The minimum absolute atomic E-state index is 1.17. The molecule has 0 radical (unpaired) electrons. The van der Waals surface area contributed by atoms with Crippen LogP contribution in [0.25, 0.3) is 10.1 Å². The number of fused-ring (bicyclic) bond motifs is 1. The molecule has 0 bridgehead atoms. The summed E-state index contributed by atoms with van der Waals surface area (Å²) in [5.41, 5.74) is 2.96. The molecule has 1 aromatic heterocycles. The lowest BCUT2D eigenvalue weighted by atomic mass is 10.1. The Balaban J connectivity index is 2.82. The fourth-order valence-corrected chi connectivity index (χ4v) is 6.06. The lowest BCUT2D eigenvalue weighted by Gasteiger charge is -2.14. The fourth-order valence-electron chi connectivity index (χ4n) is 2.22. The smallest absolute Gasteiger partial charge is 0.0908 e. The first-order chi connectivity index (χ1) is 6.91. The van der Waals surface area contributed by atoms with E-state index in [0.717, 1.165) is 0 Å².